The number of benzene rings is 1. The molecule has 1 N–H and O–H groups in total. The SMILES string of the molecule is CCC(=O)NC(C)c1ccc(-n2cncn2)cc1. The third-order valence-corrected chi connectivity index (χ3v) is 2.77. The quantitative estimate of drug-likeness (QED) is 0.893. The summed E-state index contributed by atoms with van der Waals surface area (Å²) in [6.07, 6.45) is 3.65. The van der Waals surface area contributed by atoms with Crippen molar-refractivity contribution in [1.82, 2.24) is 20.1 Å². The Morgan fingerprint density at radius 2 is 2.11 bits per heavy atom. The highest BCUT2D eigenvalue weighted by Gasteiger charge is 2.08. The maximum atomic E-state index is 11.3. The van der Waals surface area contributed by atoms with Crippen LogP contribution in [0.5, 0.6) is 0 Å². The molecule has 0 saturated carbocycles. The van der Waals surface area contributed by atoms with Gasteiger partial charge in [-0.15, -0.1) is 0 Å². The van der Waals surface area contributed by atoms with Crippen molar-refractivity contribution in [2.24, 2.45) is 0 Å². The lowest BCUT2D eigenvalue weighted by Gasteiger charge is -2.14. The summed E-state index contributed by atoms with van der Waals surface area (Å²) in [4.78, 5) is 15.2. The van der Waals surface area contributed by atoms with Crippen LogP contribution < -0.4 is 5.32 Å². The zero-order valence-corrected chi connectivity index (χ0v) is 10.5. The van der Waals surface area contributed by atoms with Crippen molar-refractivity contribution in [1.29, 1.82) is 0 Å². The third-order valence-electron chi connectivity index (χ3n) is 2.77. The Labute approximate surface area is 106 Å². The van der Waals surface area contributed by atoms with Crippen LogP contribution in [-0.4, -0.2) is 20.7 Å². The number of carbonyl (C=O) groups excluding carboxylic acids is 1. The van der Waals surface area contributed by atoms with Gasteiger partial charge in [0.15, 0.2) is 0 Å². The highest BCUT2D eigenvalue weighted by Crippen LogP contribution is 2.15. The molecule has 1 aromatic heterocycles. The molecule has 5 heteroatoms. The Hall–Kier alpha value is -2.17. The molecule has 0 spiro atoms. The van der Waals surface area contributed by atoms with Crippen LogP contribution in [-0.2, 0) is 4.79 Å². The molecular formula is C13H16N4O. The average molecular weight is 244 g/mol. The second-order valence-corrected chi connectivity index (χ2v) is 4.07. The van der Waals surface area contributed by atoms with E-state index >= 15 is 0 Å². The molecule has 94 valence electrons. The molecular weight excluding hydrogens is 228 g/mol. The molecule has 0 aliphatic heterocycles. The van der Waals surface area contributed by atoms with E-state index in [-0.39, 0.29) is 11.9 Å². The molecule has 18 heavy (non-hydrogen) atoms. The standard InChI is InChI=1S/C13H16N4O/c1-3-13(18)16-10(2)11-4-6-12(7-5-11)17-9-14-8-15-17/h4-10H,3H2,1-2H3,(H,16,18). The summed E-state index contributed by atoms with van der Waals surface area (Å²) in [5.41, 5.74) is 2.02. The van der Waals surface area contributed by atoms with Crippen molar-refractivity contribution in [3.63, 3.8) is 0 Å². The summed E-state index contributed by atoms with van der Waals surface area (Å²) in [7, 11) is 0. The lowest BCUT2D eigenvalue weighted by molar-refractivity contribution is -0.121. The number of rotatable bonds is 4. The molecule has 1 atom stereocenters. The van der Waals surface area contributed by atoms with Gasteiger partial charge >= 0.3 is 0 Å². The predicted molar refractivity (Wildman–Crippen MR) is 68.2 cm³/mol. The summed E-state index contributed by atoms with van der Waals surface area (Å²) in [5, 5.41) is 6.98. The monoisotopic (exact) mass is 244 g/mol. The molecule has 1 amide bonds. The Morgan fingerprint density at radius 1 is 1.39 bits per heavy atom. The molecule has 1 heterocycles. The molecule has 0 radical (unpaired) electrons. The Morgan fingerprint density at radius 3 is 2.67 bits per heavy atom. The smallest absolute Gasteiger partial charge is 0.220 e. The van der Waals surface area contributed by atoms with E-state index in [0.29, 0.717) is 6.42 Å². The number of carbonyl (C=O) groups is 1. The largest absolute Gasteiger partial charge is 0.350 e. The summed E-state index contributed by atoms with van der Waals surface area (Å²) >= 11 is 0. The van der Waals surface area contributed by atoms with Crippen LogP contribution in [0.4, 0.5) is 0 Å². The van der Waals surface area contributed by atoms with E-state index in [1.165, 1.54) is 6.33 Å². The van der Waals surface area contributed by atoms with Crippen molar-refractivity contribution >= 4 is 5.91 Å². The topological polar surface area (TPSA) is 59.8 Å². The lowest BCUT2D eigenvalue weighted by atomic mass is 10.1. The van der Waals surface area contributed by atoms with Crippen LogP contribution in [0.25, 0.3) is 5.69 Å². The van der Waals surface area contributed by atoms with Gasteiger partial charge in [0.25, 0.3) is 0 Å². The van der Waals surface area contributed by atoms with Gasteiger partial charge < -0.3 is 5.32 Å². The summed E-state index contributed by atoms with van der Waals surface area (Å²) in [6.45, 7) is 3.81. The molecule has 0 saturated heterocycles. The van der Waals surface area contributed by atoms with E-state index in [4.69, 9.17) is 0 Å². The van der Waals surface area contributed by atoms with Gasteiger partial charge in [-0.2, -0.15) is 5.10 Å². The van der Waals surface area contributed by atoms with Crippen LogP contribution in [0.2, 0.25) is 0 Å². The maximum absolute atomic E-state index is 11.3. The predicted octanol–water partition coefficient (Wildman–Crippen LogP) is 1.85. The molecule has 0 aliphatic rings. The second kappa shape index (κ2) is 5.44. The van der Waals surface area contributed by atoms with Crippen molar-refractivity contribution in [2.75, 3.05) is 0 Å². The first-order chi connectivity index (χ1) is 8.70. The van der Waals surface area contributed by atoms with Gasteiger partial charge in [-0.25, -0.2) is 9.67 Å². The number of hydrogen-bond acceptors (Lipinski definition) is 3. The van der Waals surface area contributed by atoms with Gasteiger partial charge in [-0.3, -0.25) is 4.79 Å². The van der Waals surface area contributed by atoms with E-state index in [1.807, 2.05) is 38.1 Å². The Kier molecular flexibility index (Phi) is 3.72. The molecule has 2 rings (SSSR count). The number of hydrogen-bond donors (Lipinski definition) is 1. The normalized spacial score (nSPS) is 12.1. The van der Waals surface area contributed by atoms with E-state index in [9.17, 15) is 4.79 Å². The highest BCUT2D eigenvalue weighted by molar-refractivity contribution is 5.76. The van der Waals surface area contributed by atoms with E-state index in [2.05, 4.69) is 15.4 Å². The molecule has 1 aromatic carbocycles. The van der Waals surface area contributed by atoms with Gasteiger partial charge in [0.1, 0.15) is 12.7 Å². The Bertz CT molecular complexity index is 504. The minimum absolute atomic E-state index is 0.0160. The van der Waals surface area contributed by atoms with Crippen LogP contribution in [0, 0.1) is 0 Å². The fourth-order valence-corrected chi connectivity index (χ4v) is 1.68. The van der Waals surface area contributed by atoms with E-state index in [1.54, 1.807) is 11.0 Å². The van der Waals surface area contributed by atoms with Crippen LogP contribution in [0.1, 0.15) is 31.9 Å². The van der Waals surface area contributed by atoms with Gasteiger partial charge in [0.2, 0.25) is 5.91 Å². The van der Waals surface area contributed by atoms with Gasteiger partial charge in [-0.1, -0.05) is 19.1 Å². The third kappa shape index (κ3) is 2.74. The number of nitrogens with zero attached hydrogens (tertiary/aromatic N) is 3. The van der Waals surface area contributed by atoms with Crippen molar-refractivity contribution < 1.29 is 4.79 Å². The summed E-state index contributed by atoms with van der Waals surface area (Å²) < 4.78 is 1.69. The minimum Gasteiger partial charge on any atom is -0.350 e. The first-order valence-electron chi connectivity index (χ1n) is 5.95. The van der Waals surface area contributed by atoms with Crippen molar-refractivity contribution in [3.05, 3.63) is 42.5 Å². The summed E-state index contributed by atoms with van der Waals surface area (Å²) in [6, 6.07) is 7.90. The fourth-order valence-electron chi connectivity index (χ4n) is 1.68. The lowest BCUT2D eigenvalue weighted by Crippen LogP contribution is -2.25. The van der Waals surface area contributed by atoms with Gasteiger partial charge in [0, 0.05) is 6.42 Å². The number of amides is 1. The van der Waals surface area contributed by atoms with Crippen molar-refractivity contribution in [2.45, 2.75) is 26.3 Å². The van der Waals surface area contributed by atoms with Gasteiger partial charge in [-0.05, 0) is 24.6 Å². The molecule has 1 unspecified atom stereocenters. The maximum Gasteiger partial charge on any atom is 0.220 e. The molecule has 0 fully saturated rings. The molecule has 0 bridgehead atoms. The molecule has 5 nitrogen and oxygen atoms in total. The van der Waals surface area contributed by atoms with Crippen LogP contribution in [0.15, 0.2) is 36.9 Å². The Balaban J connectivity index is 2.10. The fraction of sp³-hybridized carbons (Fsp3) is 0.308. The zero-order chi connectivity index (χ0) is 13.0. The summed E-state index contributed by atoms with van der Waals surface area (Å²) in [5.74, 6) is 0.0582. The van der Waals surface area contributed by atoms with Crippen LogP contribution >= 0.6 is 0 Å². The number of aromatic nitrogens is 3. The minimum atomic E-state index is 0.0160. The first kappa shape index (κ1) is 12.3. The first-order valence-corrected chi connectivity index (χ1v) is 5.95. The number of nitrogens with one attached hydrogen (secondary N) is 1. The zero-order valence-electron chi connectivity index (χ0n) is 10.5. The van der Waals surface area contributed by atoms with Crippen LogP contribution in [0.3, 0.4) is 0 Å². The van der Waals surface area contributed by atoms with E-state index < -0.39 is 0 Å². The molecule has 0 aliphatic carbocycles. The average Bonchev–Trinajstić information content (AvgIpc) is 2.92. The van der Waals surface area contributed by atoms with Gasteiger partial charge in [0.05, 0.1) is 11.7 Å². The highest BCUT2D eigenvalue weighted by atomic mass is 16.1. The second-order valence-electron chi connectivity index (χ2n) is 4.07. The van der Waals surface area contributed by atoms with E-state index in [0.717, 1.165) is 11.3 Å². The molecule has 2 aromatic rings. The van der Waals surface area contributed by atoms with Crippen molar-refractivity contribution in [3.8, 4) is 5.69 Å².